The Labute approximate surface area is 202 Å². The van der Waals surface area contributed by atoms with Gasteiger partial charge in [-0.25, -0.2) is 9.37 Å². The standard InChI is InChI=1S/C28H27FN2O4/c1-16-18-6-5-13-35-25(18)10-9-19(16)27-20-11-12-31(15-22-23(29)7-4-8-24(22)34-3)28(20)30-17(2)21(27)14-26(32)33/h4,7-12H,5-6,13-15H2,1-3H3,(H,32,33). The molecule has 6 nitrogen and oxygen atoms in total. The van der Waals surface area contributed by atoms with Crippen molar-refractivity contribution in [1.82, 2.24) is 9.55 Å². The van der Waals surface area contributed by atoms with Crippen molar-refractivity contribution in [3.8, 4) is 22.6 Å². The Morgan fingerprint density at radius 2 is 2.03 bits per heavy atom. The maximum absolute atomic E-state index is 14.7. The minimum atomic E-state index is -0.912. The number of carboxylic acid groups (broad SMARTS) is 1. The highest BCUT2D eigenvalue weighted by molar-refractivity contribution is 5.98. The number of aliphatic carboxylic acids is 1. The zero-order chi connectivity index (χ0) is 24.7. The topological polar surface area (TPSA) is 73.6 Å². The van der Waals surface area contributed by atoms with Gasteiger partial charge in [-0.2, -0.15) is 0 Å². The molecule has 2 aromatic carbocycles. The molecule has 1 aliphatic heterocycles. The maximum Gasteiger partial charge on any atom is 0.307 e. The average molecular weight is 475 g/mol. The molecule has 35 heavy (non-hydrogen) atoms. The molecule has 0 radical (unpaired) electrons. The van der Waals surface area contributed by atoms with Crippen LogP contribution in [0.25, 0.3) is 22.2 Å². The lowest BCUT2D eigenvalue weighted by Crippen LogP contribution is -2.11. The van der Waals surface area contributed by atoms with Crippen molar-refractivity contribution in [2.45, 2.75) is 39.7 Å². The molecular weight excluding hydrogens is 447 g/mol. The van der Waals surface area contributed by atoms with E-state index >= 15 is 0 Å². The largest absolute Gasteiger partial charge is 0.496 e. The van der Waals surface area contributed by atoms with Gasteiger partial charge in [0, 0.05) is 22.8 Å². The van der Waals surface area contributed by atoms with Crippen LogP contribution in [0, 0.1) is 19.7 Å². The van der Waals surface area contributed by atoms with Crippen molar-refractivity contribution in [2.75, 3.05) is 13.7 Å². The van der Waals surface area contributed by atoms with Crippen molar-refractivity contribution < 1.29 is 23.8 Å². The van der Waals surface area contributed by atoms with Crippen LogP contribution in [0.5, 0.6) is 11.5 Å². The molecule has 0 fully saturated rings. The van der Waals surface area contributed by atoms with E-state index in [0.29, 0.717) is 34.8 Å². The number of pyridine rings is 1. The van der Waals surface area contributed by atoms with Crippen LogP contribution in [0.3, 0.4) is 0 Å². The Bertz CT molecular complexity index is 1460. The molecule has 2 aromatic heterocycles. The van der Waals surface area contributed by atoms with Gasteiger partial charge in [0.1, 0.15) is 23.0 Å². The third-order valence-electron chi connectivity index (χ3n) is 6.82. The summed E-state index contributed by atoms with van der Waals surface area (Å²) in [5.41, 5.74) is 6.52. The molecule has 7 heteroatoms. The molecule has 1 N–H and O–H groups in total. The van der Waals surface area contributed by atoms with Crippen molar-refractivity contribution in [1.29, 1.82) is 0 Å². The van der Waals surface area contributed by atoms with E-state index in [9.17, 15) is 14.3 Å². The number of hydrogen-bond donors (Lipinski definition) is 1. The van der Waals surface area contributed by atoms with Gasteiger partial charge in [0.2, 0.25) is 0 Å². The fourth-order valence-corrected chi connectivity index (χ4v) is 5.09. The number of ether oxygens (including phenoxy) is 2. The van der Waals surface area contributed by atoms with Gasteiger partial charge < -0.3 is 19.1 Å². The first-order valence-electron chi connectivity index (χ1n) is 11.7. The van der Waals surface area contributed by atoms with E-state index in [2.05, 4.69) is 6.92 Å². The van der Waals surface area contributed by atoms with Gasteiger partial charge in [-0.15, -0.1) is 0 Å². The number of aromatic nitrogens is 2. The normalized spacial score (nSPS) is 12.9. The summed E-state index contributed by atoms with van der Waals surface area (Å²) in [6.07, 6.45) is 3.60. The molecule has 0 unspecified atom stereocenters. The van der Waals surface area contributed by atoms with E-state index in [1.54, 1.807) is 12.1 Å². The summed E-state index contributed by atoms with van der Waals surface area (Å²) in [6, 6.07) is 10.7. The molecule has 3 heterocycles. The second kappa shape index (κ2) is 9.06. The van der Waals surface area contributed by atoms with E-state index in [1.807, 2.05) is 35.9 Å². The molecule has 0 aliphatic carbocycles. The number of carboxylic acids is 1. The molecule has 0 atom stereocenters. The predicted octanol–water partition coefficient (Wildman–Crippen LogP) is 5.47. The molecule has 180 valence electrons. The van der Waals surface area contributed by atoms with Crippen molar-refractivity contribution in [2.24, 2.45) is 0 Å². The molecule has 0 saturated heterocycles. The van der Waals surface area contributed by atoms with Gasteiger partial charge in [0.15, 0.2) is 0 Å². The third-order valence-corrected chi connectivity index (χ3v) is 6.82. The Kier molecular flexibility index (Phi) is 5.93. The summed E-state index contributed by atoms with van der Waals surface area (Å²) in [6.45, 7) is 4.84. The Morgan fingerprint density at radius 3 is 2.80 bits per heavy atom. The molecule has 4 aromatic rings. The van der Waals surface area contributed by atoms with Crippen LogP contribution in [0.15, 0.2) is 42.6 Å². The molecule has 0 amide bonds. The van der Waals surface area contributed by atoms with Gasteiger partial charge in [0.05, 0.1) is 26.7 Å². The minimum absolute atomic E-state index is 0.135. The van der Waals surface area contributed by atoms with Gasteiger partial charge in [-0.05, 0) is 78.8 Å². The first-order valence-corrected chi connectivity index (χ1v) is 11.7. The van der Waals surface area contributed by atoms with Crippen LogP contribution in [0.1, 0.15) is 34.4 Å². The Hall–Kier alpha value is -3.87. The molecular formula is C28H27FN2O4. The van der Waals surface area contributed by atoms with E-state index in [1.165, 1.54) is 13.2 Å². The number of fused-ring (bicyclic) bond motifs is 2. The smallest absolute Gasteiger partial charge is 0.307 e. The summed E-state index contributed by atoms with van der Waals surface area (Å²) < 4.78 is 27.8. The van der Waals surface area contributed by atoms with E-state index in [4.69, 9.17) is 14.5 Å². The molecule has 0 spiro atoms. The zero-order valence-corrected chi connectivity index (χ0v) is 20.0. The fourth-order valence-electron chi connectivity index (χ4n) is 5.09. The molecule has 0 bridgehead atoms. The number of rotatable bonds is 6. The summed E-state index contributed by atoms with van der Waals surface area (Å²) in [5, 5.41) is 10.5. The molecule has 1 aliphatic rings. The van der Waals surface area contributed by atoms with Gasteiger partial charge in [0.25, 0.3) is 0 Å². The van der Waals surface area contributed by atoms with Gasteiger partial charge >= 0.3 is 5.97 Å². The number of benzene rings is 2. The Balaban J connectivity index is 1.73. The lowest BCUT2D eigenvalue weighted by Gasteiger charge is -2.23. The molecule has 5 rings (SSSR count). The number of carbonyl (C=O) groups is 1. The van der Waals surface area contributed by atoms with Gasteiger partial charge in [-0.3, -0.25) is 4.79 Å². The number of hydrogen-bond acceptors (Lipinski definition) is 4. The number of nitrogens with zero attached hydrogens (tertiary/aromatic N) is 2. The fraction of sp³-hybridized carbons (Fsp3) is 0.286. The summed E-state index contributed by atoms with van der Waals surface area (Å²) in [7, 11) is 1.52. The lowest BCUT2D eigenvalue weighted by atomic mass is 9.88. The highest BCUT2D eigenvalue weighted by Crippen LogP contribution is 2.40. The average Bonchev–Trinajstić information content (AvgIpc) is 3.23. The van der Waals surface area contributed by atoms with Crippen LogP contribution in [-0.2, 0) is 24.2 Å². The monoisotopic (exact) mass is 474 g/mol. The minimum Gasteiger partial charge on any atom is -0.496 e. The summed E-state index contributed by atoms with van der Waals surface area (Å²) in [5.74, 6) is 0.0986. The predicted molar refractivity (Wildman–Crippen MR) is 132 cm³/mol. The van der Waals surface area contributed by atoms with E-state index < -0.39 is 5.97 Å². The van der Waals surface area contributed by atoms with Gasteiger partial charge in [-0.1, -0.05) is 12.1 Å². The third kappa shape index (κ3) is 4.01. The van der Waals surface area contributed by atoms with Crippen molar-refractivity contribution in [3.05, 3.63) is 76.4 Å². The first kappa shape index (κ1) is 22.9. The lowest BCUT2D eigenvalue weighted by molar-refractivity contribution is -0.136. The maximum atomic E-state index is 14.7. The van der Waals surface area contributed by atoms with Crippen LogP contribution >= 0.6 is 0 Å². The Morgan fingerprint density at radius 1 is 1.20 bits per heavy atom. The SMILES string of the molecule is COc1cccc(F)c1Cn1ccc2c(-c3ccc4c(c3C)CCCO4)c(CC(=O)O)c(C)nc21. The number of methoxy groups -OCH3 is 1. The van der Waals surface area contributed by atoms with Crippen molar-refractivity contribution in [3.63, 3.8) is 0 Å². The van der Waals surface area contributed by atoms with E-state index in [0.717, 1.165) is 46.2 Å². The molecule has 0 saturated carbocycles. The zero-order valence-electron chi connectivity index (χ0n) is 20.0. The second-order valence-corrected chi connectivity index (χ2v) is 8.89. The highest BCUT2D eigenvalue weighted by atomic mass is 19.1. The first-order chi connectivity index (χ1) is 16.9. The number of aryl methyl sites for hydroxylation is 1. The second-order valence-electron chi connectivity index (χ2n) is 8.89. The summed E-state index contributed by atoms with van der Waals surface area (Å²) >= 11 is 0. The summed E-state index contributed by atoms with van der Waals surface area (Å²) in [4.78, 5) is 16.6. The van der Waals surface area contributed by atoms with E-state index in [-0.39, 0.29) is 18.8 Å². The van der Waals surface area contributed by atoms with Crippen LogP contribution in [0.2, 0.25) is 0 Å². The van der Waals surface area contributed by atoms with Crippen LogP contribution in [0.4, 0.5) is 4.39 Å². The quantitative estimate of drug-likeness (QED) is 0.401. The van der Waals surface area contributed by atoms with Crippen LogP contribution in [-0.4, -0.2) is 34.3 Å². The number of halogens is 1. The van der Waals surface area contributed by atoms with Crippen LogP contribution < -0.4 is 9.47 Å². The van der Waals surface area contributed by atoms with Crippen molar-refractivity contribution >= 4 is 17.0 Å². The highest BCUT2D eigenvalue weighted by Gasteiger charge is 2.23.